The smallest absolute Gasteiger partial charge is 0.311 e. The number of nitro benzene ring substituents is 1. The fraction of sp³-hybridized carbons (Fsp3) is 0.0667. The van der Waals surface area contributed by atoms with Gasteiger partial charge in [0.05, 0.1) is 22.2 Å². The van der Waals surface area contributed by atoms with E-state index in [-0.39, 0.29) is 11.4 Å². The zero-order valence-corrected chi connectivity index (χ0v) is 12.1. The molecule has 3 aromatic rings. The van der Waals surface area contributed by atoms with Crippen LogP contribution in [0.25, 0.3) is 11.0 Å². The predicted molar refractivity (Wildman–Crippen MR) is 86.8 cm³/mol. The van der Waals surface area contributed by atoms with E-state index >= 15 is 0 Å². The largest absolute Gasteiger partial charge is 0.502 e. The number of aromatic nitrogens is 2. The summed E-state index contributed by atoms with van der Waals surface area (Å²) in [7, 11) is 0. The van der Waals surface area contributed by atoms with Crippen LogP contribution < -0.4 is 5.43 Å². The third-order valence-corrected chi connectivity index (χ3v) is 3.22. The summed E-state index contributed by atoms with van der Waals surface area (Å²) >= 11 is 0. The van der Waals surface area contributed by atoms with Gasteiger partial charge in [-0.25, -0.2) is 10.4 Å². The number of hydrazone groups is 1. The van der Waals surface area contributed by atoms with E-state index in [4.69, 9.17) is 0 Å². The minimum atomic E-state index is -0.651. The van der Waals surface area contributed by atoms with Gasteiger partial charge >= 0.3 is 5.69 Å². The van der Waals surface area contributed by atoms with Crippen molar-refractivity contribution in [2.75, 3.05) is 5.43 Å². The number of aromatic amines is 1. The van der Waals surface area contributed by atoms with Gasteiger partial charge in [0, 0.05) is 11.6 Å². The molecule has 116 valence electrons. The number of hydrogen-bond acceptors (Lipinski definition) is 6. The van der Waals surface area contributed by atoms with E-state index in [0.717, 1.165) is 16.6 Å². The maximum absolute atomic E-state index is 10.8. The molecule has 3 N–H and O–H groups in total. The van der Waals surface area contributed by atoms with Gasteiger partial charge in [0.2, 0.25) is 5.95 Å². The van der Waals surface area contributed by atoms with Crippen LogP contribution in [0, 0.1) is 17.0 Å². The van der Waals surface area contributed by atoms with Crippen molar-refractivity contribution in [3.05, 3.63) is 57.6 Å². The molecule has 0 aliphatic carbocycles. The molecule has 0 saturated heterocycles. The number of aryl methyl sites for hydroxylation is 1. The highest BCUT2D eigenvalue weighted by atomic mass is 16.6. The molecule has 23 heavy (non-hydrogen) atoms. The molecule has 0 aliphatic rings. The van der Waals surface area contributed by atoms with Gasteiger partial charge in [-0.2, -0.15) is 5.10 Å². The second-order valence-electron chi connectivity index (χ2n) is 4.98. The van der Waals surface area contributed by atoms with Crippen LogP contribution in [0.2, 0.25) is 0 Å². The zero-order valence-electron chi connectivity index (χ0n) is 12.1. The summed E-state index contributed by atoms with van der Waals surface area (Å²) < 4.78 is 0. The van der Waals surface area contributed by atoms with Crippen molar-refractivity contribution in [3.8, 4) is 5.75 Å². The molecule has 8 heteroatoms. The van der Waals surface area contributed by atoms with Gasteiger partial charge in [0.1, 0.15) is 0 Å². The maximum atomic E-state index is 10.8. The summed E-state index contributed by atoms with van der Waals surface area (Å²) in [5, 5.41) is 24.1. The van der Waals surface area contributed by atoms with Crippen LogP contribution in [-0.4, -0.2) is 26.2 Å². The van der Waals surface area contributed by atoms with Crippen molar-refractivity contribution in [2.24, 2.45) is 5.10 Å². The van der Waals surface area contributed by atoms with Crippen LogP contribution in [0.1, 0.15) is 11.1 Å². The first kappa shape index (κ1) is 14.5. The summed E-state index contributed by atoms with van der Waals surface area (Å²) in [6.45, 7) is 1.99. The first-order valence-electron chi connectivity index (χ1n) is 6.76. The first-order valence-corrected chi connectivity index (χ1v) is 6.76. The molecule has 0 bridgehead atoms. The van der Waals surface area contributed by atoms with Gasteiger partial charge in [-0.1, -0.05) is 6.07 Å². The Kier molecular flexibility index (Phi) is 3.63. The van der Waals surface area contributed by atoms with E-state index in [0.29, 0.717) is 11.5 Å². The van der Waals surface area contributed by atoms with E-state index in [1.807, 2.05) is 25.1 Å². The van der Waals surface area contributed by atoms with Crippen molar-refractivity contribution >= 4 is 28.9 Å². The number of anilines is 1. The van der Waals surface area contributed by atoms with E-state index in [1.54, 1.807) is 0 Å². The van der Waals surface area contributed by atoms with Crippen LogP contribution in [0.5, 0.6) is 5.75 Å². The number of aromatic hydroxyl groups is 1. The molecule has 0 aliphatic heterocycles. The summed E-state index contributed by atoms with van der Waals surface area (Å²) in [5.41, 5.74) is 5.67. The Morgan fingerprint density at radius 3 is 2.96 bits per heavy atom. The summed E-state index contributed by atoms with van der Waals surface area (Å²) in [4.78, 5) is 17.5. The van der Waals surface area contributed by atoms with Crippen molar-refractivity contribution in [1.82, 2.24) is 9.97 Å². The lowest BCUT2D eigenvalue weighted by molar-refractivity contribution is -0.385. The average molecular weight is 311 g/mol. The molecular weight excluding hydrogens is 298 g/mol. The first-order chi connectivity index (χ1) is 11.0. The van der Waals surface area contributed by atoms with Gasteiger partial charge in [-0.05, 0) is 36.8 Å². The van der Waals surface area contributed by atoms with Crippen LogP contribution in [0.15, 0.2) is 41.5 Å². The number of nitrogens with zero attached hydrogens (tertiary/aromatic N) is 3. The molecule has 0 unspecified atom stereocenters. The van der Waals surface area contributed by atoms with Gasteiger partial charge in [0.15, 0.2) is 5.75 Å². The van der Waals surface area contributed by atoms with Crippen LogP contribution in [-0.2, 0) is 0 Å². The summed E-state index contributed by atoms with van der Waals surface area (Å²) in [6.07, 6.45) is 1.41. The number of hydrogen-bond donors (Lipinski definition) is 3. The normalized spacial score (nSPS) is 11.2. The van der Waals surface area contributed by atoms with Crippen LogP contribution >= 0.6 is 0 Å². The fourth-order valence-corrected chi connectivity index (χ4v) is 2.11. The molecule has 0 saturated carbocycles. The predicted octanol–water partition coefficient (Wildman–Crippen LogP) is 2.93. The standard InChI is InChI=1S/C15H13N5O3/c1-9-2-4-11-12(6-9)18-15(17-11)19-16-8-10-3-5-14(21)13(7-10)20(22)23/h2-8,21H,1H3,(H2,17,18,19)/b16-8-. The summed E-state index contributed by atoms with van der Waals surface area (Å²) in [6, 6.07) is 9.85. The number of phenols is 1. The third-order valence-electron chi connectivity index (χ3n) is 3.22. The number of nitro groups is 1. The number of benzene rings is 2. The van der Waals surface area contributed by atoms with Crippen molar-refractivity contribution in [2.45, 2.75) is 6.92 Å². The zero-order chi connectivity index (χ0) is 16.4. The molecule has 2 aromatic carbocycles. The number of rotatable bonds is 4. The lowest BCUT2D eigenvalue weighted by Crippen LogP contribution is -1.94. The van der Waals surface area contributed by atoms with E-state index in [9.17, 15) is 15.2 Å². The number of phenolic OH excluding ortho intramolecular Hbond substituents is 1. The highest BCUT2D eigenvalue weighted by molar-refractivity contribution is 5.82. The fourth-order valence-electron chi connectivity index (χ4n) is 2.11. The molecule has 0 radical (unpaired) electrons. The minimum Gasteiger partial charge on any atom is -0.502 e. The maximum Gasteiger partial charge on any atom is 0.311 e. The Hall–Kier alpha value is -3.42. The Labute approximate surface area is 130 Å². The quantitative estimate of drug-likeness (QED) is 0.389. The summed E-state index contributed by atoms with van der Waals surface area (Å²) in [5.74, 6) is 0.0860. The van der Waals surface area contributed by atoms with Crippen LogP contribution in [0.4, 0.5) is 11.6 Å². The van der Waals surface area contributed by atoms with Crippen LogP contribution in [0.3, 0.4) is 0 Å². The number of H-pyrrole nitrogens is 1. The lowest BCUT2D eigenvalue weighted by atomic mass is 10.2. The molecule has 0 atom stereocenters. The van der Waals surface area contributed by atoms with E-state index < -0.39 is 4.92 Å². The Balaban J connectivity index is 1.77. The van der Waals surface area contributed by atoms with Gasteiger partial charge in [-0.3, -0.25) is 10.1 Å². The molecule has 0 fully saturated rings. The monoisotopic (exact) mass is 311 g/mol. The number of imidazole rings is 1. The van der Waals surface area contributed by atoms with E-state index in [2.05, 4.69) is 20.5 Å². The molecule has 3 rings (SSSR count). The van der Waals surface area contributed by atoms with Crippen molar-refractivity contribution in [1.29, 1.82) is 0 Å². The second-order valence-corrected chi connectivity index (χ2v) is 4.98. The van der Waals surface area contributed by atoms with Gasteiger partial charge < -0.3 is 10.1 Å². The SMILES string of the molecule is Cc1ccc2nc(N/N=C\c3ccc(O)c([N+](=O)[O-])c3)[nH]c2c1. The highest BCUT2D eigenvalue weighted by Gasteiger charge is 2.12. The topological polar surface area (TPSA) is 116 Å². The lowest BCUT2D eigenvalue weighted by Gasteiger charge is -1.97. The average Bonchev–Trinajstić information content (AvgIpc) is 2.90. The third kappa shape index (κ3) is 3.10. The minimum absolute atomic E-state index is 0.367. The molecule has 0 spiro atoms. The number of nitrogens with one attached hydrogen (secondary N) is 2. The Morgan fingerprint density at radius 1 is 1.35 bits per heavy atom. The number of fused-ring (bicyclic) bond motifs is 1. The molecule has 0 amide bonds. The van der Waals surface area contributed by atoms with E-state index in [1.165, 1.54) is 24.4 Å². The molecular formula is C15H13N5O3. The molecule has 1 heterocycles. The molecule has 1 aromatic heterocycles. The van der Waals surface area contributed by atoms with Gasteiger partial charge in [-0.15, -0.1) is 0 Å². The molecule has 8 nitrogen and oxygen atoms in total. The Morgan fingerprint density at radius 2 is 2.17 bits per heavy atom. The highest BCUT2D eigenvalue weighted by Crippen LogP contribution is 2.25. The van der Waals surface area contributed by atoms with Crippen molar-refractivity contribution < 1.29 is 10.0 Å². The van der Waals surface area contributed by atoms with Gasteiger partial charge in [0.25, 0.3) is 0 Å². The Bertz CT molecular complexity index is 917. The second kappa shape index (κ2) is 5.76. The van der Waals surface area contributed by atoms with Crippen molar-refractivity contribution in [3.63, 3.8) is 0 Å².